The first-order valence-electron chi connectivity index (χ1n) is 7.95. The summed E-state index contributed by atoms with van der Waals surface area (Å²) in [5.41, 5.74) is 2.74. The monoisotopic (exact) mass is 355 g/mol. The third-order valence-corrected chi connectivity index (χ3v) is 4.24. The lowest BCUT2D eigenvalue weighted by Crippen LogP contribution is -2.26. The molecule has 0 aliphatic rings. The second-order valence-corrected chi connectivity index (χ2v) is 6.19. The van der Waals surface area contributed by atoms with Gasteiger partial charge in [-0.1, -0.05) is 58.7 Å². The summed E-state index contributed by atoms with van der Waals surface area (Å²) in [7, 11) is 1.70. The summed E-state index contributed by atoms with van der Waals surface area (Å²) in [5.74, 6) is 0.904. The highest BCUT2D eigenvalue weighted by atomic mass is 35.5. The van der Waals surface area contributed by atoms with Crippen LogP contribution >= 0.6 is 11.6 Å². The predicted molar refractivity (Wildman–Crippen MR) is 97.7 cm³/mol. The number of aryl methyl sites for hydroxylation is 2. The Kier molecular flexibility index (Phi) is 5.14. The average Bonchev–Trinajstić information content (AvgIpc) is 3.09. The van der Waals surface area contributed by atoms with E-state index in [0.717, 1.165) is 5.56 Å². The Balaban J connectivity index is 1.63. The molecule has 0 saturated carbocycles. The molecule has 3 aromatic rings. The minimum absolute atomic E-state index is 0.0665. The summed E-state index contributed by atoms with van der Waals surface area (Å²) in [6, 6.07) is 15.1. The number of carbonyl (C=O) groups is 1. The van der Waals surface area contributed by atoms with Gasteiger partial charge in [0.05, 0.1) is 10.7 Å². The number of para-hydroxylation sites is 1. The van der Waals surface area contributed by atoms with Gasteiger partial charge in [-0.2, -0.15) is 4.98 Å². The Morgan fingerprint density at radius 1 is 1.16 bits per heavy atom. The van der Waals surface area contributed by atoms with Gasteiger partial charge in [0.25, 0.3) is 0 Å². The van der Waals surface area contributed by atoms with Crippen LogP contribution in [-0.2, 0) is 11.2 Å². The highest BCUT2D eigenvalue weighted by Crippen LogP contribution is 2.25. The van der Waals surface area contributed by atoms with E-state index >= 15 is 0 Å². The molecule has 25 heavy (non-hydrogen) atoms. The van der Waals surface area contributed by atoms with Crippen molar-refractivity contribution in [2.75, 3.05) is 11.9 Å². The fourth-order valence-electron chi connectivity index (χ4n) is 2.42. The topological polar surface area (TPSA) is 59.2 Å². The molecule has 128 valence electrons. The molecule has 0 bridgehead atoms. The van der Waals surface area contributed by atoms with Gasteiger partial charge in [0.15, 0.2) is 0 Å². The number of anilines is 1. The second-order valence-electron chi connectivity index (χ2n) is 5.78. The highest BCUT2D eigenvalue weighted by molar-refractivity contribution is 6.33. The first-order chi connectivity index (χ1) is 12.0. The molecular formula is C19H18ClN3O2. The largest absolute Gasteiger partial charge is 0.339 e. The maximum Gasteiger partial charge on any atom is 0.227 e. The molecule has 5 nitrogen and oxygen atoms in total. The Bertz CT molecular complexity index is 874. The van der Waals surface area contributed by atoms with Crippen molar-refractivity contribution in [3.63, 3.8) is 0 Å². The number of hydrogen-bond acceptors (Lipinski definition) is 4. The number of benzene rings is 2. The smallest absolute Gasteiger partial charge is 0.227 e. The number of amides is 1. The van der Waals surface area contributed by atoms with Gasteiger partial charge < -0.3 is 9.42 Å². The lowest BCUT2D eigenvalue weighted by molar-refractivity contribution is -0.118. The van der Waals surface area contributed by atoms with E-state index in [-0.39, 0.29) is 12.3 Å². The molecule has 6 heteroatoms. The molecule has 0 fully saturated rings. The normalized spacial score (nSPS) is 10.7. The van der Waals surface area contributed by atoms with Gasteiger partial charge in [-0.15, -0.1) is 0 Å². The molecular weight excluding hydrogens is 338 g/mol. The molecule has 0 spiro atoms. The van der Waals surface area contributed by atoms with Gasteiger partial charge in [-0.05, 0) is 19.1 Å². The molecule has 1 heterocycles. The number of halogens is 1. The van der Waals surface area contributed by atoms with Crippen LogP contribution in [0.3, 0.4) is 0 Å². The average molecular weight is 356 g/mol. The highest BCUT2D eigenvalue weighted by Gasteiger charge is 2.16. The fraction of sp³-hybridized carbons (Fsp3) is 0.211. The van der Waals surface area contributed by atoms with E-state index in [2.05, 4.69) is 10.1 Å². The van der Waals surface area contributed by atoms with Gasteiger partial charge in [0, 0.05) is 25.5 Å². The standard InChI is InChI=1S/C19H18ClN3O2/c1-13-7-9-14(10-8-13)19-21-17(25-22-19)11-12-18(24)23(2)16-6-4-3-5-15(16)20/h3-10H,11-12H2,1-2H3. The van der Waals surface area contributed by atoms with E-state index in [0.29, 0.717) is 28.8 Å². The van der Waals surface area contributed by atoms with Crippen LogP contribution in [-0.4, -0.2) is 23.1 Å². The van der Waals surface area contributed by atoms with E-state index in [1.54, 1.807) is 18.0 Å². The summed E-state index contributed by atoms with van der Waals surface area (Å²) in [6.07, 6.45) is 0.643. The molecule has 0 unspecified atom stereocenters. The minimum Gasteiger partial charge on any atom is -0.339 e. The van der Waals surface area contributed by atoms with Crippen LogP contribution in [0.15, 0.2) is 53.1 Å². The quantitative estimate of drug-likeness (QED) is 0.684. The van der Waals surface area contributed by atoms with Crippen LogP contribution in [0.2, 0.25) is 5.02 Å². The minimum atomic E-state index is -0.0665. The van der Waals surface area contributed by atoms with Gasteiger partial charge in [-0.3, -0.25) is 4.79 Å². The van der Waals surface area contributed by atoms with E-state index in [1.165, 1.54) is 5.56 Å². The predicted octanol–water partition coefficient (Wildman–Crippen LogP) is 4.29. The van der Waals surface area contributed by atoms with E-state index in [1.807, 2.05) is 49.4 Å². The number of carbonyl (C=O) groups excluding carboxylic acids is 1. The van der Waals surface area contributed by atoms with Crippen LogP contribution in [0, 0.1) is 6.92 Å². The van der Waals surface area contributed by atoms with Gasteiger partial charge >= 0.3 is 0 Å². The second kappa shape index (κ2) is 7.49. The Hall–Kier alpha value is -2.66. The molecule has 0 saturated heterocycles. The van der Waals surface area contributed by atoms with E-state index < -0.39 is 0 Å². The summed E-state index contributed by atoms with van der Waals surface area (Å²) >= 11 is 6.13. The molecule has 1 amide bonds. The van der Waals surface area contributed by atoms with Gasteiger partial charge in [0.1, 0.15) is 0 Å². The molecule has 0 aliphatic heterocycles. The van der Waals surface area contributed by atoms with Crippen molar-refractivity contribution in [1.29, 1.82) is 0 Å². The molecule has 0 atom stereocenters. The van der Waals surface area contributed by atoms with E-state index in [4.69, 9.17) is 16.1 Å². The van der Waals surface area contributed by atoms with Crippen molar-refractivity contribution in [2.24, 2.45) is 0 Å². The molecule has 0 N–H and O–H groups in total. The Morgan fingerprint density at radius 2 is 1.88 bits per heavy atom. The van der Waals surface area contributed by atoms with Crippen molar-refractivity contribution in [3.05, 3.63) is 65.0 Å². The molecule has 2 aromatic carbocycles. The van der Waals surface area contributed by atoms with Crippen molar-refractivity contribution in [3.8, 4) is 11.4 Å². The molecule has 0 radical (unpaired) electrons. The lowest BCUT2D eigenvalue weighted by atomic mass is 10.1. The van der Waals surface area contributed by atoms with E-state index in [9.17, 15) is 4.79 Å². The third-order valence-electron chi connectivity index (χ3n) is 3.92. The Labute approximate surface area is 151 Å². The van der Waals surface area contributed by atoms with Crippen molar-refractivity contribution >= 4 is 23.2 Å². The third kappa shape index (κ3) is 4.06. The van der Waals surface area contributed by atoms with Crippen LogP contribution in [0.25, 0.3) is 11.4 Å². The van der Waals surface area contributed by atoms with Crippen LogP contribution in [0.1, 0.15) is 17.9 Å². The van der Waals surface area contributed by atoms with Crippen molar-refractivity contribution in [1.82, 2.24) is 10.1 Å². The van der Waals surface area contributed by atoms with Crippen LogP contribution in [0.4, 0.5) is 5.69 Å². The molecule has 1 aromatic heterocycles. The summed E-state index contributed by atoms with van der Waals surface area (Å²) < 4.78 is 5.25. The fourth-order valence-corrected chi connectivity index (χ4v) is 2.68. The SMILES string of the molecule is Cc1ccc(-c2noc(CCC(=O)N(C)c3ccccc3Cl)n2)cc1. The summed E-state index contributed by atoms with van der Waals surface area (Å²) in [4.78, 5) is 18.3. The summed E-state index contributed by atoms with van der Waals surface area (Å²) in [5, 5.41) is 4.52. The zero-order chi connectivity index (χ0) is 17.8. The summed E-state index contributed by atoms with van der Waals surface area (Å²) in [6.45, 7) is 2.02. The maximum atomic E-state index is 12.4. The molecule has 0 aliphatic carbocycles. The van der Waals surface area contributed by atoms with Crippen molar-refractivity contribution in [2.45, 2.75) is 19.8 Å². The number of rotatable bonds is 5. The van der Waals surface area contributed by atoms with Gasteiger partial charge in [-0.25, -0.2) is 0 Å². The first-order valence-corrected chi connectivity index (χ1v) is 8.33. The number of aromatic nitrogens is 2. The maximum absolute atomic E-state index is 12.4. The number of hydrogen-bond donors (Lipinski definition) is 0. The first kappa shape index (κ1) is 17.2. The van der Waals surface area contributed by atoms with Gasteiger partial charge in [0.2, 0.25) is 17.6 Å². The van der Waals surface area contributed by atoms with Crippen molar-refractivity contribution < 1.29 is 9.32 Å². The van der Waals surface area contributed by atoms with Crippen LogP contribution in [0.5, 0.6) is 0 Å². The van der Waals surface area contributed by atoms with Crippen LogP contribution < -0.4 is 4.90 Å². The Morgan fingerprint density at radius 3 is 2.60 bits per heavy atom. The lowest BCUT2D eigenvalue weighted by Gasteiger charge is -2.18. The zero-order valence-electron chi connectivity index (χ0n) is 14.1. The number of nitrogens with zero attached hydrogens (tertiary/aromatic N) is 3. The molecule has 3 rings (SSSR count). The zero-order valence-corrected chi connectivity index (χ0v) is 14.8.